The summed E-state index contributed by atoms with van der Waals surface area (Å²) in [5, 5.41) is 48.0. The predicted octanol–water partition coefficient (Wildman–Crippen LogP) is 4.67. The molecule has 298 valence electrons. The van der Waals surface area contributed by atoms with Crippen molar-refractivity contribution in [1.29, 1.82) is 0 Å². The summed E-state index contributed by atoms with van der Waals surface area (Å²) in [6, 6.07) is 35.1. The Morgan fingerprint density at radius 2 is 1.14 bits per heavy atom. The van der Waals surface area contributed by atoms with Crippen LogP contribution in [0.3, 0.4) is 0 Å². The number of aliphatic hydroxyl groups is 4. The maximum atomic E-state index is 12.9. The Bertz CT molecular complexity index is 1710. The first kappa shape index (κ1) is 40.0. The van der Waals surface area contributed by atoms with Crippen molar-refractivity contribution >= 4 is 6.09 Å². The lowest BCUT2D eigenvalue weighted by atomic mass is 9.98. The van der Waals surface area contributed by atoms with Crippen LogP contribution in [0.25, 0.3) is 11.1 Å². The number of amides is 1. The van der Waals surface area contributed by atoms with Crippen molar-refractivity contribution in [2.45, 2.75) is 74.4 Å². The van der Waals surface area contributed by atoms with Gasteiger partial charge in [0.05, 0.1) is 37.6 Å². The van der Waals surface area contributed by atoms with E-state index in [9.17, 15) is 25.2 Å². The zero-order valence-corrected chi connectivity index (χ0v) is 31.3. The fourth-order valence-electron chi connectivity index (χ4n) is 7.83. The van der Waals surface area contributed by atoms with Gasteiger partial charge in [0, 0.05) is 43.2 Å². The molecule has 7 rings (SSSR count). The first-order valence-electron chi connectivity index (χ1n) is 19.5. The number of benzene rings is 4. The fourth-order valence-corrected chi connectivity index (χ4v) is 7.83. The number of carbonyl (C=O) groups excluding carboxylic acids is 1. The molecule has 56 heavy (non-hydrogen) atoms. The molecule has 1 amide bonds. The van der Waals surface area contributed by atoms with E-state index >= 15 is 0 Å². The SMILES string of the molecule is O=C(NCCCN(C[C@H](O)[C@@H](O)[C@H]1CCOC(c2ccccc2)O1)C[C@H](O)[C@@H](O)[C@H]1CCOC(c2ccccc2)O1)OCC1c2ccccc2-c2ccccc21. The van der Waals surface area contributed by atoms with Gasteiger partial charge in [-0.1, -0.05) is 109 Å². The third-order valence-corrected chi connectivity index (χ3v) is 10.8. The molecule has 4 aromatic rings. The summed E-state index contributed by atoms with van der Waals surface area (Å²) in [4.78, 5) is 14.6. The Kier molecular flexibility index (Phi) is 13.8. The number of ether oxygens (including phenoxy) is 5. The van der Waals surface area contributed by atoms with E-state index < -0.39 is 55.3 Å². The number of rotatable bonds is 16. The third-order valence-electron chi connectivity index (χ3n) is 10.8. The number of hydrogen-bond acceptors (Lipinski definition) is 11. The topological polar surface area (TPSA) is 159 Å². The largest absolute Gasteiger partial charge is 0.449 e. The summed E-state index contributed by atoms with van der Waals surface area (Å²) in [5.74, 6) is -0.0603. The van der Waals surface area contributed by atoms with E-state index in [1.165, 1.54) is 0 Å². The van der Waals surface area contributed by atoms with Crippen LogP contribution in [-0.2, 0) is 23.7 Å². The van der Waals surface area contributed by atoms with Crippen molar-refractivity contribution < 1.29 is 48.9 Å². The molecular weight excluding hydrogens is 716 g/mol. The number of fused-ring (bicyclic) bond motifs is 3. The highest BCUT2D eigenvalue weighted by Gasteiger charge is 2.37. The van der Waals surface area contributed by atoms with Crippen LogP contribution in [0.1, 0.15) is 60.0 Å². The minimum absolute atomic E-state index is 0.0338. The number of nitrogens with zero attached hydrogens (tertiary/aromatic N) is 1. The molecule has 2 aliphatic heterocycles. The van der Waals surface area contributed by atoms with E-state index in [1.54, 1.807) is 4.90 Å². The van der Waals surface area contributed by atoms with E-state index in [0.29, 0.717) is 39.0 Å². The van der Waals surface area contributed by atoms with Gasteiger partial charge in [0.15, 0.2) is 12.6 Å². The van der Waals surface area contributed by atoms with E-state index in [1.807, 2.05) is 84.9 Å². The zero-order valence-electron chi connectivity index (χ0n) is 31.3. The molecule has 1 aliphatic carbocycles. The van der Waals surface area contributed by atoms with Crippen LogP contribution >= 0.6 is 0 Å². The molecule has 2 fully saturated rings. The maximum Gasteiger partial charge on any atom is 0.407 e. The second-order valence-electron chi connectivity index (χ2n) is 14.6. The number of hydrogen-bond donors (Lipinski definition) is 5. The van der Waals surface area contributed by atoms with Gasteiger partial charge in [-0.15, -0.1) is 0 Å². The van der Waals surface area contributed by atoms with E-state index in [4.69, 9.17) is 23.7 Å². The van der Waals surface area contributed by atoms with Crippen molar-refractivity contribution in [2.24, 2.45) is 0 Å². The van der Waals surface area contributed by atoms with Crippen LogP contribution in [0.5, 0.6) is 0 Å². The lowest BCUT2D eigenvalue weighted by molar-refractivity contribution is -0.249. The molecule has 2 heterocycles. The Morgan fingerprint density at radius 3 is 1.64 bits per heavy atom. The highest BCUT2D eigenvalue weighted by atomic mass is 16.7. The predicted molar refractivity (Wildman–Crippen MR) is 207 cm³/mol. The Morgan fingerprint density at radius 1 is 0.679 bits per heavy atom. The molecule has 0 saturated carbocycles. The second-order valence-corrected chi connectivity index (χ2v) is 14.6. The van der Waals surface area contributed by atoms with Crippen LogP contribution in [-0.4, -0.2) is 114 Å². The number of aliphatic hydroxyl groups excluding tert-OH is 4. The zero-order chi connectivity index (χ0) is 38.9. The van der Waals surface area contributed by atoms with E-state index in [0.717, 1.165) is 33.4 Å². The molecule has 5 N–H and O–H groups in total. The van der Waals surface area contributed by atoms with Crippen molar-refractivity contribution in [3.8, 4) is 11.1 Å². The molecule has 0 aromatic heterocycles. The number of nitrogens with one attached hydrogen (secondary N) is 1. The molecule has 0 spiro atoms. The van der Waals surface area contributed by atoms with Gasteiger partial charge in [-0.2, -0.15) is 0 Å². The van der Waals surface area contributed by atoms with Gasteiger partial charge >= 0.3 is 6.09 Å². The number of alkyl carbamates (subject to hydrolysis) is 1. The monoisotopic (exact) mass is 768 g/mol. The molecule has 12 nitrogen and oxygen atoms in total. The highest BCUT2D eigenvalue weighted by molar-refractivity contribution is 5.79. The molecule has 2 unspecified atom stereocenters. The first-order valence-corrected chi connectivity index (χ1v) is 19.5. The molecule has 12 heteroatoms. The van der Waals surface area contributed by atoms with Crippen LogP contribution in [0.2, 0.25) is 0 Å². The van der Waals surface area contributed by atoms with Gasteiger partial charge in [-0.3, -0.25) is 4.90 Å². The number of carbonyl (C=O) groups is 1. The smallest absolute Gasteiger partial charge is 0.407 e. The fraction of sp³-hybridized carbons (Fsp3) is 0.432. The van der Waals surface area contributed by atoms with Crippen LogP contribution in [0.4, 0.5) is 4.79 Å². The molecule has 2 saturated heterocycles. The van der Waals surface area contributed by atoms with Crippen LogP contribution in [0, 0.1) is 0 Å². The summed E-state index contributed by atoms with van der Waals surface area (Å²) in [7, 11) is 0. The van der Waals surface area contributed by atoms with Gasteiger partial charge < -0.3 is 49.4 Å². The molecule has 8 atom stereocenters. The van der Waals surface area contributed by atoms with Crippen LogP contribution in [0.15, 0.2) is 109 Å². The third kappa shape index (κ3) is 9.83. The van der Waals surface area contributed by atoms with Gasteiger partial charge in [-0.25, -0.2) is 4.79 Å². The Balaban J connectivity index is 0.945. The Hall–Kier alpha value is -4.21. The molecule has 0 bridgehead atoms. The summed E-state index contributed by atoms with van der Waals surface area (Å²) in [6.45, 7) is 1.40. The standard InChI is InChI=1S/C44H52N2O10/c47-36(40(49)38-20-24-52-42(55-38)29-12-3-1-4-13-29)26-46(27-37(48)41(50)39-21-25-53-43(56-39)30-14-5-2-6-15-30)23-11-22-45-44(51)54-28-35-33-18-9-7-16-31(33)32-17-8-10-19-34(32)35/h1-10,12-19,35-43,47-50H,11,20-28H2,(H,45,51)/t36-,37-,38+,39+,40+,41+,42?,43?/m0/s1. The first-order chi connectivity index (χ1) is 27.4. The van der Waals surface area contributed by atoms with Crippen molar-refractivity contribution in [1.82, 2.24) is 10.2 Å². The summed E-state index contributed by atoms with van der Waals surface area (Å²) < 4.78 is 29.4. The summed E-state index contributed by atoms with van der Waals surface area (Å²) in [6.07, 6.45) is -7.08. The van der Waals surface area contributed by atoms with Gasteiger partial charge in [0.1, 0.15) is 18.8 Å². The van der Waals surface area contributed by atoms with Gasteiger partial charge in [-0.05, 0) is 41.5 Å². The van der Waals surface area contributed by atoms with Crippen molar-refractivity contribution in [3.63, 3.8) is 0 Å². The molecule has 4 aromatic carbocycles. The average molecular weight is 769 g/mol. The molecular formula is C44H52N2O10. The van der Waals surface area contributed by atoms with Crippen molar-refractivity contribution in [2.75, 3.05) is 46.0 Å². The Labute approximate surface area is 327 Å². The average Bonchev–Trinajstić information content (AvgIpc) is 3.57. The highest BCUT2D eigenvalue weighted by Crippen LogP contribution is 2.44. The van der Waals surface area contributed by atoms with Gasteiger partial charge in [0.2, 0.25) is 0 Å². The normalized spacial score (nSPS) is 23.1. The van der Waals surface area contributed by atoms with Crippen LogP contribution < -0.4 is 5.32 Å². The van der Waals surface area contributed by atoms with Gasteiger partial charge in [0.25, 0.3) is 0 Å². The quantitative estimate of drug-likeness (QED) is 0.101. The van der Waals surface area contributed by atoms with E-state index in [2.05, 4.69) is 29.6 Å². The minimum Gasteiger partial charge on any atom is -0.449 e. The van der Waals surface area contributed by atoms with E-state index in [-0.39, 0.29) is 32.2 Å². The summed E-state index contributed by atoms with van der Waals surface area (Å²) >= 11 is 0. The lowest BCUT2D eigenvalue weighted by Crippen LogP contribution is -2.52. The second kappa shape index (κ2) is 19.3. The van der Waals surface area contributed by atoms with Crippen molar-refractivity contribution in [3.05, 3.63) is 131 Å². The minimum atomic E-state index is -1.25. The maximum absolute atomic E-state index is 12.9. The molecule has 3 aliphatic rings. The summed E-state index contributed by atoms with van der Waals surface area (Å²) in [5.41, 5.74) is 6.17. The molecule has 0 radical (unpaired) electrons. The lowest BCUT2D eigenvalue weighted by Gasteiger charge is -2.38.